The van der Waals surface area contributed by atoms with Crippen LogP contribution in [0.3, 0.4) is 0 Å². The number of rotatable bonds is 1. The number of hydrogen-bond donors (Lipinski definition) is 0. The Morgan fingerprint density at radius 2 is 2.17 bits per heavy atom. The van der Waals surface area contributed by atoms with Crippen LogP contribution in [0.1, 0.15) is 32.6 Å². The predicted octanol–water partition coefficient (Wildman–Crippen LogP) is 2.37. The van der Waals surface area contributed by atoms with E-state index >= 15 is 0 Å². The van der Waals surface area contributed by atoms with Crippen molar-refractivity contribution in [3.8, 4) is 0 Å². The van der Waals surface area contributed by atoms with Crippen molar-refractivity contribution in [2.24, 2.45) is 0 Å². The summed E-state index contributed by atoms with van der Waals surface area (Å²) in [7, 11) is 0. The molecule has 2 heterocycles. The van der Waals surface area contributed by atoms with E-state index in [4.69, 9.17) is 0 Å². The van der Waals surface area contributed by atoms with E-state index in [1.165, 1.54) is 43.7 Å². The molecule has 0 N–H and O–H groups in total. The highest BCUT2D eigenvalue weighted by Gasteiger charge is 2.28. The normalized spacial score (nSPS) is 38.8. The van der Waals surface area contributed by atoms with Crippen molar-refractivity contribution in [1.82, 2.24) is 4.90 Å². The minimum Gasteiger partial charge on any atom is -0.297 e. The van der Waals surface area contributed by atoms with Crippen LogP contribution in [0, 0.1) is 0 Å². The zero-order chi connectivity index (χ0) is 8.39. The monoisotopic (exact) mass is 185 g/mol. The molecule has 1 nitrogen and oxygen atoms in total. The van der Waals surface area contributed by atoms with Crippen LogP contribution >= 0.6 is 11.8 Å². The third-order valence-corrected chi connectivity index (χ3v) is 4.37. The summed E-state index contributed by atoms with van der Waals surface area (Å²) < 4.78 is 0. The summed E-state index contributed by atoms with van der Waals surface area (Å²) >= 11 is 2.14. The molecule has 2 fully saturated rings. The molecule has 0 radical (unpaired) electrons. The van der Waals surface area contributed by atoms with Crippen LogP contribution in [0.5, 0.6) is 0 Å². The fourth-order valence-corrected chi connectivity index (χ4v) is 3.68. The maximum absolute atomic E-state index is 2.75. The lowest BCUT2D eigenvalue weighted by molar-refractivity contribution is 0.118. The number of thioether (sulfide) groups is 1. The second-order valence-corrected chi connectivity index (χ2v) is 5.25. The minimum atomic E-state index is 0.863. The van der Waals surface area contributed by atoms with Crippen molar-refractivity contribution >= 4 is 11.8 Å². The van der Waals surface area contributed by atoms with Gasteiger partial charge < -0.3 is 0 Å². The van der Waals surface area contributed by atoms with Crippen molar-refractivity contribution in [1.29, 1.82) is 0 Å². The van der Waals surface area contributed by atoms with Gasteiger partial charge >= 0.3 is 0 Å². The molecule has 2 aliphatic rings. The van der Waals surface area contributed by atoms with Gasteiger partial charge in [0.05, 0.1) is 0 Å². The molecule has 2 heteroatoms. The van der Waals surface area contributed by atoms with Gasteiger partial charge in [0.1, 0.15) is 0 Å². The first kappa shape index (κ1) is 8.89. The lowest BCUT2D eigenvalue weighted by Crippen LogP contribution is -2.44. The van der Waals surface area contributed by atoms with E-state index in [1.54, 1.807) is 0 Å². The van der Waals surface area contributed by atoms with Crippen LogP contribution < -0.4 is 0 Å². The fourth-order valence-electron chi connectivity index (χ4n) is 2.45. The summed E-state index contributed by atoms with van der Waals surface area (Å²) in [4.78, 5) is 2.75. The van der Waals surface area contributed by atoms with Gasteiger partial charge in [-0.1, -0.05) is 6.42 Å². The van der Waals surface area contributed by atoms with E-state index < -0.39 is 0 Å². The molecule has 0 aliphatic carbocycles. The molecule has 12 heavy (non-hydrogen) atoms. The topological polar surface area (TPSA) is 3.24 Å². The highest BCUT2D eigenvalue weighted by Crippen LogP contribution is 2.27. The lowest BCUT2D eigenvalue weighted by Gasteiger charge is -2.37. The van der Waals surface area contributed by atoms with Gasteiger partial charge in [0.2, 0.25) is 0 Å². The second-order valence-electron chi connectivity index (χ2n) is 4.10. The van der Waals surface area contributed by atoms with Crippen molar-refractivity contribution in [2.75, 3.05) is 18.1 Å². The highest BCUT2D eigenvalue weighted by atomic mass is 32.2. The zero-order valence-electron chi connectivity index (χ0n) is 7.96. The van der Waals surface area contributed by atoms with E-state index in [0.29, 0.717) is 0 Å². The Balaban J connectivity index is 1.91. The Hall–Kier alpha value is 0.310. The molecule has 0 aromatic heterocycles. The molecule has 2 aliphatic heterocycles. The second kappa shape index (κ2) is 4.01. The van der Waals surface area contributed by atoms with Gasteiger partial charge in [0, 0.05) is 17.8 Å². The third kappa shape index (κ3) is 1.80. The summed E-state index contributed by atoms with van der Waals surface area (Å²) in [5.74, 6) is 2.79. The molecule has 2 unspecified atom stereocenters. The summed E-state index contributed by atoms with van der Waals surface area (Å²) in [6.07, 6.45) is 5.76. The first-order valence-electron chi connectivity index (χ1n) is 5.21. The first-order valence-corrected chi connectivity index (χ1v) is 6.37. The molecule has 0 aromatic rings. The average molecular weight is 185 g/mol. The largest absolute Gasteiger partial charge is 0.297 e. The van der Waals surface area contributed by atoms with E-state index in [2.05, 4.69) is 23.6 Å². The maximum atomic E-state index is 2.75. The summed E-state index contributed by atoms with van der Waals surface area (Å²) in [5, 5.41) is 0. The Labute approximate surface area is 79.9 Å². The Morgan fingerprint density at radius 1 is 1.25 bits per heavy atom. The highest BCUT2D eigenvalue weighted by molar-refractivity contribution is 7.99. The number of piperidine rings is 1. The molecule has 2 saturated heterocycles. The molecule has 70 valence electrons. The van der Waals surface area contributed by atoms with E-state index in [1.807, 2.05) is 0 Å². The van der Waals surface area contributed by atoms with Gasteiger partial charge in [-0.2, -0.15) is 11.8 Å². The van der Waals surface area contributed by atoms with Gasteiger partial charge in [-0.15, -0.1) is 0 Å². The van der Waals surface area contributed by atoms with Crippen molar-refractivity contribution in [3.05, 3.63) is 0 Å². The zero-order valence-corrected chi connectivity index (χ0v) is 8.78. The van der Waals surface area contributed by atoms with Crippen molar-refractivity contribution in [3.63, 3.8) is 0 Å². The third-order valence-electron chi connectivity index (χ3n) is 3.23. The van der Waals surface area contributed by atoms with Crippen LogP contribution in [0.2, 0.25) is 0 Å². The molecular formula is C10H19NS. The van der Waals surface area contributed by atoms with E-state index in [9.17, 15) is 0 Å². The van der Waals surface area contributed by atoms with Crippen LogP contribution in [-0.2, 0) is 0 Å². The van der Waals surface area contributed by atoms with Gasteiger partial charge in [0.25, 0.3) is 0 Å². The smallest absolute Gasteiger partial charge is 0.0197 e. The Kier molecular flexibility index (Phi) is 2.97. The van der Waals surface area contributed by atoms with Crippen molar-refractivity contribution < 1.29 is 0 Å². The molecule has 0 aromatic carbocycles. The number of likely N-dealkylation sites (tertiary alicyclic amines) is 1. The van der Waals surface area contributed by atoms with Crippen LogP contribution in [0.15, 0.2) is 0 Å². The van der Waals surface area contributed by atoms with Gasteiger partial charge in [-0.25, -0.2) is 0 Å². The van der Waals surface area contributed by atoms with E-state index in [-0.39, 0.29) is 0 Å². The summed E-state index contributed by atoms with van der Waals surface area (Å²) in [5.41, 5.74) is 0. The summed E-state index contributed by atoms with van der Waals surface area (Å²) in [6, 6.07) is 1.78. The molecule has 2 rings (SSSR count). The average Bonchev–Trinajstić information content (AvgIpc) is 2.57. The summed E-state index contributed by atoms with van der Waals surface area (Å²) in [6.45, 7) is 3.77. The van der Waals surface area contributed by atoms with Crippen molar-refractivity contribution in [2.45, 2.75) is 44.7 Å². The maximum Gasteiger partial charge on any atom is 0.0197 e. The molecule has 0 amide bonds. The van der Waals surface area contributed by atoms with E-state index in [0.717, 1.165) is 12.1 Å². The quantitative estimate of drug-likeness (QED) is 0.617. The Bertz CT molecular complexity index is 143. The molecule has 0 bridgehead atoms. The van der Waals surface area contributed by atoms with Crippen LogP contribution in [-0.4, -0.2) is 35.0 Å². The van der Waals surface area contributed by atoms with Gasteiger partial charge in [-0.3, -0.25) is 4.90 Å². The van der Waals surface area contributed by atoms with Crippen LogP contribution in [0.25, 0.3) is 0 Å². The van der Waals surface area contributed by atoms with Crippen LogP contribution in [0.4, 0.5) is 0 Å². The first-order chi connectivity index (χ1) is 5.88. The molecule has 0 saturated carbocycles. The van der Waals surface area contributed by atoms with Gasteiger partial charge in [-0.05, 0) is 38.5 Å². The number of hydrogen-bond acceptors (Lipinski definition) is 2. The molecular weight excluding hydrogens is 166 g/mol. The SMILES string of the molecule is CC1CCCCN1C1CCSC1. The molecule has 2 atom stereocenters. The van der Waals surface area contributed by atoms with Gasteiger partial charge in [0.15, 0.2) is 0 Å². The predicted molar refractivity (Wildman–Crippen MR) is 55.7 cm³/mol. The minimum absolute atomic E-state index is 0.863. The standard InChI is InChI=1S/C10H19NS/c1-9-4-2-3-6-11(9)10-5-7-12-8-10/h9-10H,2-8H2,1H3. The lowest BCUT2D eigenvalue weighted by atomic mass is 10.0. The number of nitrogens with zero attached hydrogens (tertiary/aromatic N) is 1. The fraction of sp³-hybridized carbons (Fsp3) is 1.00. The molecule has 0 spiro atoms. The Morgan fingerprint density at radius 3 is 2.83 bits per heavy atom.